The van der Waals surface area contributed by atoms with Crippen LogP contribution in [0, 0.1) is 6.92 Å². The molecule has 2 aromatic rings. The summed E-state index contributed by atoms with van der Waals surface area (Å²) in [6.07, 6.45) is 0.859. The van der Waals surface area contributed by atoms with Crippen molar-refractivity contribution in [2.75, 3.05) is 39.5 Å². The van der Waals surface area contributed by atoms with Crippen LogP contribution in [0.3, 0.4) is 0 Å². The molecule has 0 atom stereocenters. The van der Waals surface area contributed by atoms with Gasteiger partial charge in [-0.15, -0.1) is 0 Å². The Bertz CT molecular complexity index is 832. The predicted octanol–water partition coefficient (Wildman–Crippen LogP) is 2.79. The third-order valence-electron chi connectivity index (χ3n) is 5.28. The molecule has 0 radical (unpaired) electrons. The van der Waals surface area contributed by atoms with Gasteiger partial charge in [0.1, 0.15) is 0 Å². The van der Waals surface area contributed by atoms with E-state index in [2.05, 4.69) is 47.5 Å². The molecular formula is C22H27N3O3. The standard InChI is InChI=1S/C22H27N3O3/c1-17-3-2-4-18(13-17)7-8-23-22(26)25-11-9-24(10-12-25)15-19-5-6-20-21(14-19)28-16-27-20/h2-6,13-14H,7-12,15-16H2,1H3,(H,23,26). The number of nitrogens with one attached hydrogen (secondary N) is 1. The van der Waals surface area contributed by atoms with E-state index in [4.69, 9.17) is 9.47 Å². The first-order valence-electron chi connectivity index (χ1n) is 9.86. The Labute approximate surface area is 166 Å². The fraction of sp³-hybridized carbons (Fsp3) is 0.409. The van der Waals surface area contributed by atoms with Gasteiger partial charge in [-0.2, -0.15) is 0 Å². The molecule has 1 saturated heterocycles. The molecule has 0 bridgehead atoms. The van der Waals surface area contributed by atoms with Gasteiger partial charge in [-0.25, -0.2) is 4.79 Å². The highest BCUT2D eigenvalue weighted by Gasteiger charge is 2.21. The minimum atomic E-state index is 0.0374. The second kappa shape index (κ2) is 8.52. The zero-order valence-corrected chi connectivity index (χ0v) is 16.3. The third kappa shape index (κ3) is 4.57. The average Bonchev–Trinajstić information content (AvgIpc) is 3.16. The van der Waals surface area contributed by atoms with E-state index in [-0.39, 0.29) is 6.03 Å². The van der Waals surface area contributed by atoms with Crippen molar-refractivity contribution >= 4 is 6.03 Å². The maximum Gasteiger partial charge on any atom is 0.317 e. The van der Waals surface area contributed by atoms with Gasteiger partial charge in [0.2, 0.25) is 6.79 Å². The van der Waals surface area contributed by atoms with Gasteiger partial charge in [-0.3, -0.25) is 4.90 Å². The maximum absolute atomic E-state index is 12.4. The number of hydrogen-bond acceptors (Lipinski definition) is 4. The number of hydrogen-bond donors (Lipinski definition) is 1. The molecule has 28 heavy (non-hydrogen) atoms. The summed E-state index contributed by atoms with van der Waals surface area (Å²) in [7, 11) is 0. The Morgan fingerprint density at radius 1 is 1.00 bits per heavy atom. The molecule has 0 saturated carbocycles. The van der Waals surface area contributed by atoms with E-state index < -0.39 is 0 Å². The number of piperazine rings is 1. The quantitative estimate of drug-likeness (QED) is 0.865. The third-order valence-corrected chi connectivity index (χ3v) is 5.28. The number of amides is 2. The van der Waals surface area contributed by atoms with Gasteiger partial charge >= 0.3 is 6.03 Å². The summed E-state index contributed by atoms with van der Waals surface area (Å²) >= 11 is 0. The number of ether oxygens (including phenoxy) is 2. The van der Waals surface area contributed by atoms with Gasteiger partial charge in [-0.1, -0.05) is 35.9 Å². The predicted molar refractivity (Wildman–Crippen MR) is 108 cm³/mol. The van der Waals surface area contributed by atoms with Crippen LogP contribution in [0.2, 0.25) is 0 Å². The molecule has 2 aromatic carbocycles. The second-order valence-electron chi connectivity index (χ2n) is 7.42. The summed E-state index contributed by atoms with van der Waals surface area (Å²) in [5, 5.41) is 3.05. The lowest BCUT2D eigenvalue weighted by molar-refractivity contribution is 0.135. The van der Waals surface area contributed by atoms with Crippen LogP contribution in [0.5, 0.6) is 11.5 Å². The van der Waals surface area contributed by atoms with E-state index in [1.807, 2.05) is 17.0 Å². The summed E-state index contributed by atoms with van der Waals surface area (Å²) < 4.78 is 10.8. The molecule has 2 aliphatic heterocycles. The Morgan fingerprint density at radius 3 is 2.64 bits per heavy atom. The number of benzene rings is 2. The van der Waals surface area contributed by atoms with E-state index >= 15 is 0 Å². The molecule has 6 heteroatoms. The maximum atomic E-state index is 12.4. The summed E-state index contributed by atoms with van der Waals surface area (Å²) in [5.74, 6) is 1.64. The van der Waals surface area contributed by atoms with Crippen LogP contribution >= 0.6 is 0 Å². The Balaban J connectivity index is 1.20. The van der Waals surface area contributed by atoms with Crippen molar-refractivity contribution in [3.05, 3.63) is 59.2 Å². The lowest BCUT2D eigenvalue weighted by Crippen LogP contribution is -2.51. The van der Waals surface area contributed by atoms with Gasteiger partial charge in [-0.05, 0) is 36.6 Å². The molecule has 6 nitrogen and oxygen atoms in total. The van der Waals surface area contributed by atoms with E-state index in [0.29, 0.717) is 13.3 Å². The van der Waals surface area contributed by atoms with Gasteiger partial charge in [0.25, 0.3) is 0 Å². The van der Waals surface area contributed by atoms with E-state index in [0.717, 1.165) is 50.6 Å². The zero-order valence-electron chi connectivity index (χ0n) is 16.3. The molecule has 2 aliphatic rings. The van der Waals surface area contributed by atoms with Crippen LogP contribution in [0.15, 0.2) is 42.5 Å². The fourth-order valence-corrected chi connectivity index (χ4v) is 3.70. The highest BCUT2D eigenvalue weighted by atomic mass is 16.7. The van der Waals surface area contributed by atoms with Crippen molar-refractivity contribution < 1.29 is 14.3 Å². The number of urea groups is 1. The van der Waals surface area contributed by atoms with Crippen molar-refractivity contribution in [2.45, 2.75) is 19.9 Å². The highest BCUT2D eigenvalue weighted by molar-refractivity contribution is 5.74. The van der Waals surface area contributed by atoms with E-state index in [1.54, 1.807) is 0 Å². The Morgan fingerprint density at radius 2 is 1.82 bits per heavy atom. The zero-order chi connectivity index (χ0) is 19.3. The first kappa shape index (κ1) is 18.6. The molecule has 4 rings (SSSR count). The van der Waals surface area contributed by atoms with Crippen LogP contribution in [0.1, 0.15) is 16.7 Å². The van der Waals surface area contributed by atoms with Crippen molar-refractivity contribution in [2.24, 2.45) is 0 Å². The number of carbonyl (C=O) groups excluding carboxylic acids is 1. The van der Waals surface area contributed by atoms with Crippen molar-refractivity contribution in [3.63, 3.8) is 0 Å². The largest absolute Gasteiger partial charge is 0.454 e. The summed E-state index contributed by atoms with van der Waals surface area (Å²) in [4.78, 5) is 16.7. The molecule has 0 aromatic heterocycles. The molecular weight excluding hydrogens is 354 g/mol. The van der Waals surface area contributed by atoms with Crippen molar-refractivity contribution in [1.82, 2.24) is 15.1 Å². The normalized spacial score (nSPS) is 16.2. The molecule has 1 fully saturated rings. The molecule has 148 valence electrons. The van der Waals surface area contributed by atoms with Gasteiger partial charge in [0.15, 0.2) is 11.5 Å². The lowest BCUT2D eigenvalue weighted by Gasteiger charge is -2.34. The number of nitrogens with zero attached hydrogens (tertiary/aromatic N) is 2. The fourth-order valence-electron chi connectivity index (χ4n) is 3.70. The van der Waals surface area contributed by atoms with E-state index in [9.17, 15) is 4.79 Å². The van der Waals surface area contributed by atoms with Gasteiger partial charge in [0, 0.05) is 39.3 Å². The molecule has 0 spiro atoms. The summed E-state index contributed by atoms with van der Waals surface area (Å²) in [6.45, 7) is 7.17. The highest BCUT2D eigenvalue weighted by Crippen LogP contribution is 2.32. The SMILES string of the molecule is Cc1cccc(CCNC(=O)N2CCN(Cc3ccc4c(c3)OCO4)CC2)c1. The average molecular weight is 381 g/mol. The van der Waals surface area contributed by atoms with Crippen molar-refractivity contribution in [3.8, 4) is 11.5 Å². The number of fused-ring (bicyclic) bond motifs is 1. The molecule has 0 aliphatic carbocycles. The van der Waals surface area contributed by atoms with Crippen LogP contribution in [-0.2, 0) is 13.0 Å². The number of carbonyl (C=O) groups is 1. The molecule has 2 amide bonds. The molecule has 2 heterocycles. The first-order valence-corrected chi connectivity index (χ1v) is 9.86. The molecule has 0 unspecified atom stereocenters. The topological polar surface area (TPSA) is 54.0 Å². The van der Waals surface area contributed by atoms with Crippen LogP contribution < -0.4 is 14.8 Å². The number of rotatable bonds is 5. The smallest absolute Gasteiger partial charge is 0.317 e. The summed E-state index contributed by atoms with van der Waals surface area (Å²) in [5.41, 5.74) is 3.72. The Kier molecular flexibility index (Phi) is 5.67. The minimum Gasteiger partial charge on any atom is -0.454 e. The Hall–Kier alpha value is -2.73. The van der Waals surface area contributed by atoms with Crippen LogP contribution in [0.25, 0.3) is 0 Å². The monoisotopic (exact) mass is 381 g/mol. The van der Waals surface area contributed by atoms with Gasteiger partial charge in [0.05, 0.1) is 0 Å². The van der Waals surface area contributed by atoms with Gasteiger partial charge < -0.3 is 19.7 Å². The molecule has 1 N–H and O–H groups in total. The second-order valence-corrected chi connectivity index (χ2v) is 7.42. The van der Waals surface area contributed by atoms with Crippen molar-refractivity contribution in [1.29, 1.82) is 0 Å². The summed E-state index contributed by atoms with van der Waals surface area (Å²) in [6, 6.07) is 14.6. The first-order chi connectivity index (χ1) is 13.7. The lowest BCUT2D eigenvalue weighted by atomic mass is 10.1. The van der Waals surface area contributed by atoms with Crippen LogP contribution in [-0.4, -0.2) is 55.3 Å². The van der Waals surface area contributed by atoms with E-state index in [1.165, 1.54) is 16.7 Å². The van der Waals surface area contributed by atoms with Crippen LogP contribution in [0.4, 0.5) is 4.79 Å². The minimum absolute atomic E-state index is 0.0374. The number of aryl methyl sites for hydroxylation is 1.